The second-order valence-corrected chi connectivity index (χ2v) is 6.04. The average Bonchev–Trinajstić information content (AvgIpc) is 3.13. The summed E-state index contributed by atoms with van der Waals surface area (Å²) in [5, 5.41) is 4.90. The SMILES string of the molecule is O=C(N/N=C\c1ccc(N2CCOCC2)cc1)c1cc2ccccc2o1. The molecule has 1 saturated heterocycles. The molecule has 1 fully saturated rings. The molecule has 1 aliphatic rings. The Morgan fingerprint density at radius 2 is 1.85 bits per heavy atom. The average molecular weight is 349 g/mol. The van der Waals surface area contributed by atoms with E-state index in [1.807, 2.05) is 48.5 Å². The maximum absolute atomic E-state index is 12.1. The maximum Gasteiger partial charge on any atom is 0.307 e. The molecule has 2 aromatic carbocycles. The van der Waals surface area contributed by atoms with Crippen LogP contribution < -0.4 is 10.3 Å². The molecular formula is C20H19N3O3. The Labute approximate surface area is 151 Å². The van der Waals surface area contributed by atoms with Crippen LogP contribution in [0.15, 0.2) is 64.1 Å². The lowest BCUT2D eigenvalue weighted by atomic mass is 10.2. The number of anilines is 1. The lowest BCUT2D eigenvalue weighted by molar-refractivity contribution is 0.0929. The third-order valence-corrected chi connectivity index (χ3v) is 4.30. The first-order valence-corrected chi connectivity index (χ1v) is 8.54. The molecule has 3 aromatic rings. The Kier molecular flexibility index (Phi) is 4.66. The van der Waals surface area contributed by atoms with Crippen LogP contribution in [0.1, 0.15) is 16.1 Å². The number of hydrogen-bond acceptors (Lipinski definition) is 5. The molecule has 1 N–H and O–H groups in total. The Hall–Kier alpha value is -3.12. The van der Waals surface area contributed by atoms with Crippen LogP contribution in [0.3, 0.4) is 0 Å². The van der Waals surface area contributed by atoms with Crippen LogP contribution >= 0.6 is 0 Å². The highest BCUT2D eigenvalue weighted by Gasteiger charge is 2.12. The summed E-state index contributed by atoms with van der Waals surface area (Å²) in [7, 11) is 0. The lowest BCUT2D eigenvalue weighted by Gasteiger charge is -2.28. The van der Waals surface area contributed by atoms with E-state index < -0.39 is 0 Å². The molecule has 0 aliphatic carbocycles. The van der Waals surface area contributed by atoms with Crippen molar-refractivity contribution in [3.8, 4) is 0 Å². The topological polar surface area (TPSA) is 67.1 Å². The van der Waals surface area contributed by atoms with Crippen molar-refractivity contribution >= 4 is 28.8 Å². The van der Waals surface area contributed by atoms with E-state index >= 15 is 0 Å². The Morgan fingerprint density at radius 1 is 1.08 bits per heavy atom. The van der Waals surface area contributed by atoms with Crippen molar-refractivity contribution in [2.24, 2.45) is 5.10 Å². The molecule has 6 heteroatoms. The zero-order valence-electron chi connectivity index (χ0n) is 14.2. The van der Waals surface area contributed by atoms with E-state index in [9.17, 15) is 4.79 Å². The molecule has 1 aromatic heterocycles. The summed E-state index contributed by atoms with van der Waals surface area (Å²) in [4.78, 5) is 14.4. The number of ether oxygens (including phenoxy) is 1. The number of carbonyl (C=O) groups excluding carboxylic acids is 1. The fraction of sp³-hybridized carbons (Fsp3) is 0.200. The molecule has 26 heavy (non-hydrogen) atoms. The Bertz CT molecular complexity index is 892. The zero-order valence-corrected chi connectivity index (χ0v) is 14.2. The van der Waals surface area contributed by atoms with E-state index in [0.29, 0.717) is 5.58 Å². The quantitative estimate of drug-likeness (QED) is 0.581. The second kappa shape index (κ2) is 7.41. The Morgan fingerprint density at radius 3 is 2.62 bits per heavy atom. The fourth-order valence-electron chi connectivity index (χ4n) is 2.91. The van der Waals surface area contributed by atoms with Crippen molar-refractivity contribution in [3.63, 3.8) is 0 Å². The van der Waals surface area contributed by atoms with E-state index in [2.05, 4.69) is 15.4 Å². The highest BCUT2D eigenvalue weighted by atomic mass is 16.5. The summed E-state index contributed by atoms with van der Waals surface area (Å²) in [5.74, 6) is -0.131. The molecule has 0 radical (unpaired) electrons. The summed E-state index contributed by atoms with van der Waals surface area (Å²) >= 11 is 0. The van der Waals surface area contributed by atoms with E-state index in [0.717, 1.165) is 42.9 Å². The third kappa shape index (κ3) is 3.60. The molecule has 0 unspecified atom stereocenters. The largest absolute Gasteiger partial charge is 0.451 e. The van der Waals surface area contributed by atoms with E-state index in [-0.39, 0.29) is 11.7 Å². The van der Waals surface area contributed by atoms with Gasteiger partial charge in [-0.15, -0.1) is 0 Å². The van der Waals surface area contributed by atoms with Crippen LogP contribution in [0.4, 0.5) is 5.69 Å². The zero-order chi connectivity index (χ0) is 17.8. The second-order valence-electron chi connectivity index (χ2n) is 6.04. The minimum Gasteiger partial charge on any atom is -0.451 e. The molecule has 1 amide bonds. The van der Waals surface area contributed by atoms with Gasteiger partial charge in [0.1, 0.15) is 5.58 Å². The summed E-state index contributed by atoms with van der Waals surface area (Å²) in [5.41, 5.74) is 5.25. The van der Waals surface area contributed by atoms with Crippen LogP contribution in [0, 0.1) is 0 Å². The highest BCUT2D eigenvalue weighted by molar-refractivity contribution is 5.96. The van der Waals surface area contributed by atoms with Gasteiger partial charge in [0.2, 0.25) is 0 Å². The first-order chi connectivity index (χ1) is 12.8. The van der Waals surface area contributed by atoms with Crippen molar-refractivity contribution in [2.75, 3.05) is 31.2 Å². The van der Waals surface area contributed by atoms with Gasteiger partial charge in [0.15, 0.2) is 5.76 Å². The fourth-order valence-corrected chi connectivity index (χ4v) is 2.91. The molecule has 4 rings (SSSR count). The van der Waals surface area contributed by atoms with Crippen molar-refractivity contribution in [1.82, 2.24) is 5.43 Å². The molecule has 132 valence electrons. The molecule has 0 atom stereocenters. The predicted octanol–water partition coefficient (Wildman–Crippen LogP) is 3.03. The first-order valence-electron chi connectivity index (χ1n) is 8.54. The monoisotopic (exact) mass is 349 g/mol. The smallest absolute Gasteiger partial charge is 0.307 e. The number of rotatable bonds is 4. The summed E-state index contributed by atoms with van der Waals surface area (Å²) in [6.07, 6.45) is 1.61. The van der Waals surface area contributed by atoms with Gasteiger partial charge in [-0.3, -0.25) is 4.79 Å². The number of morpholine rings is 1. The van der Waals surface area contributed by atoms with Gasteiger partial charge in [-0.25, -0.2) is 5.43 Å². The molecule has 6 nitrogen and oxygen atoms in total. The summed E-state index contributed by atoms with van der Waals surface area (Å²) in [6.45, 7) is 3.33. The highest BCUT2D eigenvalue weighted by Crippen LogP contribution is 2.18. The minimum atomic E-state index is -0.373. The number of hydrogen-bond donors (Lipinski definition) is 1. The van der Waals surface area contributed by atoms with E-state index in [1.165, 1.54) is 0 Å². The van der Waals surface area contributed by atoms with Gasteiger partial charge < -0.3 is 14.1 Å². The van der Waals surface area contributed by atoms with Crippen molar-refractivity contribution in [3.05, 3.63) is 65.9 Å². The number of carbonyl (C=O) groups is 1. The molecule has 2 heterocycles. The van der Waals surface area contributed by atoms with Gasteiger partial charge in [-0.05, 0) is 29.8 Å². The van der Waals surface area contributed by atoms with Gasteiger partial charge in [0.25, 0.3) is 0 Å². The van der Waals surface area contributed by atoms with Crippen LogP contribution in [-0.2, 0) is 4.74 Å². The van der Waals surface area contributed by atoms with Crippen LogP contribution in [0.2, 0.25) is 0 Å². The van der Waals surface area contributed by atoms with E-state index in [1.54, 1.807) is 12.3 Å². The number of furan rings is 1. The summed E-state index contributed by atoms with van der Waals surface area (Å²) < 4.78 is 10.9. The van der Waals surface area contributed by atoms with Gasteiger partial charge in [0.05, 0.1) is 19.4 Å². The number of fused-ring (bicyclic) bond motifs is 1. The number of hydrazone groups is 1. The van der Waals surface area contributed by atoms with Gasteiger partial charge in [0, 0.05) is 24.2 Å². The number of para-hydroxylation sites is 1. The van der Waals surface area contributed by atoms with Gasteiger partial charge in [-0.1, -0.05) is 30.3 Å². The Balaban J connectivity index is 1.37. The third-order valence-electron chi connectivity index (χ3n) is 4.30. The number of nitrogens with one attached hydrogen (secondary N) is 1. The minimum absolute atomic E-state index is 0.242. The van der Waals surface area contributed by atoms with Crippen LogP contribution in [-0.4, -0.2) is 38.4 Å². The van der Waals surface area contributed by atoms with Crippen molar-refractivity contribution < 1.29 is 13.9 Å². The molecular weight excluding hydrogens is 330 g/mol. The number of amides is 1. The van der Waals surface area contributed by atoms with Crippen LogP contribution in [0.5, 0.6) is 0 Å². The van der Waals surface area contributed by atoms with Gasteiger partial charge in [-0.2, -0.15) is 5.10 Å². The first kappa shape index (κ1) is 16.4. The summed E-state index contributed by atoms with van der Waals surface area (Å²) in [6, 6.07) is 17.2. The molecule has 0 bridgehead atoms. The van der Waals surface area contributed by atoms with E-state index in [4.69, 9.17) is 9.15 Å². The normalized spacial score (nSPS) is 14.8. The predicted molar refractivity (Wildman–Crippen MR) is 101 cm³/mol. The van der Waals surface area contributed by atoms with Crippen molar-refractivity contribution in [1.29, 1.82) is 0 Å². The van der Waals surface area contributed by atoms with Gasteiger partial charge >= 0.3 is 5.91 Å². The standard InChI is InChI=1S/C20H19N3O3/c24-20(19-13-16-3-1-2-4-18(16)26-19)22-21-14-15-5-7-17(8-6-15)23-9-11-25-12-10-23/h1-8,13-14H,9-12H2,(H,22,24)/b21-14-. The molecule has 0 saturated carbocycles. The number of benzene rings is 2. The van der Waals surface area contributed by atoms with Crippen LogP contribution in [0.25, 0.3) is 11.0 Å². The molecule has 1 aliphatic heterocycles. The number of nitrogens with zero attached hydrogens (tertiary/aromatic N) is 2. The van der Waals surface area contributed by atoms with Crippen molar-refractivity contribution in [2.45, 2.75) is 0 Å². The molecule has 0 spiro atoms. The lowest BCUT2D eigenvalue weighted by Crippen LogP contribution is -2.36. The maximum atomic E-state index is 12.1.